The van der Waals surface area contributed by atoms with E-state index in [-0.39, 0.29) is 5.41 Å². The molecule has 1 nitrogen and oxygen atoms in total. The molecule has 1 atom stereocenters. The molecular formula is C19H29N. The lowest BCUT2D eigenvalue weighted by Crippen LogP contribution is -2.32. The molecule has 0 spiro atoms. The molecule has 1 N–H and O–H groups in total. The van der Waals surface area contributed by atoms with Gasteiger partial charge < -0.3 is 5.32 Å². The molecule has 1 saturated carbocycles. The number of rotatable bonds is 6. The molecule has 0 heterocycles. The van der Waals surface area contributed by atoms with Crippen LogP contribution in [0.15, 0.2) is 30.5 Å². The van der Waals surface area contributed by atoms with Crippen molar-refractivity contribution in [1.82, 2.24) is 0 Å². The molecule has 1 heteroatoms. The molecular weight excluding hydrogens is 242 g/mol. The summed E-state index contributed by atoms with van der Waals surface area (Å²) in [6.45, 7) is 15.6. The van der Waals surface area contributed by atoms with Crippen molar-refractivity contribution in [2.24, 2.45) is 11.8 Å². The van der Waals surface area contributed by atoms with E-state index in [1.54, 1.807) is 0 Å². The lowest BCUT2D eigenvalue weighted by atomic mass is 9.68. The second-order valence-corrected chi connectivity index (χ2v) is 6.84. The van der Waals surface area contributed by atoms with E-state index >= 15 is 0 Å². The van der Waals surface area contributed by atoms with Crippen LogP contribution in [-0.4, -0.2) is 0 Å². The van der Waals surface area contributed by atoms with Crippen molar-refractivity contribution in [1.29, 1.82) is 0 Å². The highest BCUT2D eigenvalue weighted by Gasteiger charge is 2.45. The smallest absolute Gasteiger partial charge is 0.0420 e. The lowest BCUT2D eigenvalue weighted by Gasteiger charge is -2.37. The van der Waals surface area contributed by atoms with Gasteiger partial charge in [-0.1, -0.05) is 52.0 Å². The summed E-state index contributed by atoms with van der Waals surface area (Å²) in [5.41, 5.74) is 5.44. The standard InChI is InChI=1S/C19H29N/c1-7-15(5)20-18-11-8-14(4)12-17(18)19(6,13(2)3)16-9-10-16/h8,11-13,16,20H,5,7,9-10H2,1-4,6H3. The Hall–Kier alpha value is -1.24. The highest BCUT2D eigenvalue weighted by atomic mass is 14.9. The van der Waals surface area contributed by atoms with E-state index in [9.17, 15) is 0 Å². The van der Waals surface area contributed by atoms with Gasteiger partial charge in [-0.2, -0.15) is 0 Å². The van der Waals surface area contributed by atoms with Gasteiger partial charge >= 0.3 is 0 Å². The van der Waals surface area contributed by atoms with Gasteiger partial charge in [0.05, 0.1) is 0 Å². The number of benzene rings is 1. The average molecular weight is 271 g/mol. The van der Waals surface area contributed by atoms with Crippen molar-refractivity contribution in [2.75, 3.05) is 5.32 Å². The van der Waals surface area contributed by atoms with Gasteiger partial charge in [0.1, 0.15) is 0 Å². The summed E-state index contributed by atoms with van der Waals surface area (Å²) >= 11 is 0. The summed E-state index contributed by atoms with van der Waals surface area (Å²) in [5.74, 6) is 1.48. The fraction of sp³-hybridized carbons (Fsp3) is 0.579. The van der Waals surface area contributed by atoms with E-state index in [0.717, 1.165) is 18.0 Å². The quantitative estimate of drug-likeness (QED) is 0.704. The van der Waals surface area contributed by atoms with E-state index in [1.165, 1.54) is 29.7 Å². The first-order chi connectivity index (χ1) is 9.39. The molecule has 2 rings (SSSR count). The molecule has 110 valence electrons. The van der Waals surface area contributed by atoms with E-state index in [2.05, 4.69) is 64.7 Å². The molecule has 0 aliphatic heterocycles. The Morgan fingerprint density at radius 2 is 2.05 bits per heavy atom. The van der Waals surface area contributed by atoms with Crippen LogP contribution in [0.2, 0.25) is 0 Å². The summed E-state index contributed by atoms with van der Waals surface area (Å²) in [7, 11) is 0. The minimum Gasteiger partial charge on any atom is -0.359 e. The van der Waals surface area contributed by atoms with Crippen LogP contribution in [0.25, 0.3) is 0 Å². The Bertz CT molecular complexity index is 492. The normalized spacial score (nSPS) is 17.9. The third-order valence-corrected chi connectivity index (χ3v) is 5.12. The molecule has 0 amide bonds. The van der Waals surface area contributed by atoms with Gasteiger partial charge in [-0.15, -0.1) is 0 Å². The first-order valence-corrected chi connectivity index (χ1v) is 7.95. The number of hydrogen-bond acceptors (Lipinski definition) is 1. The van der Waals surface area contributed by atoms with Gasteiger partial charge in [0, 0.05) is 11.4 Å². The van der Waals surface area contributed by atoms with Crippen molar-refractivity contribution < 1.29 is 0 Å². The Morgan fingerprint density at radius 1 is 1.40 bits per heavy atom. The van der Waals surface area contributed by atoms with Crippen LogP contribution in [0.3, 0.4) is 0 Å². The third kappa shape index (κ3) is 2.77. The maximum atomic E-state index is 4.11. The minimum atomic E-state index is 0.266. The first kappa shape index (κ1) is 15.2. The molecule has 1 aliphatic carbocycles. The first-order valence-electron chi connectivity index (χ1n) is 7.95. The molecule has 20 heavy (non-hydrogen) atoms. The Morgan fingerprint density at radius 3 is 2.55 bits per heavy atom. The van der Waals surface area contributed by atoms with Crippen LogP contribution >= 0.6 is 0 Å². The fourth-order valence-corrected chi connectivity index (χ4v) is 3.18. The number of anilines is 1. The van der Waals surface area contributed by atoms with Crippen LogP contribution in [0, 0.1) is 18.8 Å². The highest BCUT2D eigenvalue weighted by molar-refractivity contribution is 5.59. The number of aryl methyl sites for hydroxylation is 1. The zero-order valence-electron chi connectivity index (χ0n) is 13.7. The van der Waals surface area contributed by atoms with Gasteiger partial charge in [0.2, 0.25) is 0 Å². The monoisotopic (exact) mass is 271 g/mol. The maximum Gasteiger partial charge on any atom is 0.0420 e. The van der Waals surface area contributed by atoms with Crippen molar-refractivity contribution in [3.05, 3.63) is 41.6 Å². The number of nitrogens with one attached hydrogen (secondary N) is 1. The second-order valence-electron chi connectivity index (χ2n) is 6.84. The van der Waals surface area contributed by atoms with Crippen LogP contribution < -0.4 is 5.32 Å². The Labute approximate surface area is 124 Å². The van der Waals surface area contributed by atoms with Crippen molar-refractivity contribution in [2.45, 2.75) is 59.3 Å². The van der Waals surface area contributed by atoms with E-state index in [0.29, 0.717) is 5.92 Å². The van der Waals surface area contributed by atoms with E-state index in [1.807, 2.05) is 0 Å². The summed E-state index contributed by atoms with van der Waals surface area (Å²) in [6, 6.07) is 6.81. The lowest BCUT2D eigenvalue weighted by molar-refractivity contribution is 0.294. The molecule has 1 aromatic carbocycles. The van der Waals surface area contributed by atoms with E-state index in [4.69, 9.17) is 0 Å². The van der Waals surface area contributed by atoms with Crippen molar-refractivity contribution in [3.63, 3.8) is 0 Å². The molecule has 0 bridgehead atoms. The van der Waals surface area contributed by atoms with Crippen molar-refractivity contribution >= 4 is 5.69 Å². The zero-order valence-corrected chi connectivity index (χ0v) is 13.7. The average Bonchev–Trinajstić information content (AvgIpc) is 3.24. The summed E-state index contributed by atoms with van der Waals surface area (Å²) in [6.07, 6.45) is 3.71. The second kappa shape index (κ2) is 5.63. The van der Waals surface area contributed by atoms with E-state index < -0.39 is 0 Å². The molecule has 0 saturated heterocycles. The topological polar surface area (TPSA) is 12.0 Å². The molecule has 1 fully saturated rings. The summed E-state index contributed by atoms with van der Waals surface area (Å²) in [4.78, 5) is 0. The van der Waals surface area contributed by atoms with Gasteiger partial charge in [0.25, 0.3) is 0 Å². The van der Waals surface area contributed by atoms with Gasteiger partial charge in [-0.05, 0) is 55.1 Å². The Balaban J connectivity index is 2.47. The fourth-order valence-electron chi connectivity index (χ4n) is 3.18. The molecule has 1 aromatic rings. The van der Waals surface area contributed by atoms with Crippen LogP contribution in [-0.2, 0) is 5.41 Å². The minimum absolute atomic E-state index is 0.266. The predicted octanol–water partition coefficient (Wildman–Crippen LogP) is 5.65. The van der Waals surface area contributed by atoms with Crippen LogP contribution in [0.5, 0.6) is 0 Å². The summed E-state index contributed by atoms with van der Waals surface area (Å²) in [5, 5.41) is 3.54. The molecule has 1 unspecified atom stereocenters. The molecule has 0 aromatic heterocycles. The largest absolute Gasteiger partial charge is 0.359 e. The highest BCUT2D eigenvalue weighted by Crippen LogP contribution is 2.53. The van der Waals surface area contributed by atoms with Gasteiger partial charge in [-0.25, -0.2) is 0 Å². The third-order valence-electron chi connectivity index (χ3n) is 5.12. The molecule has 1 aliphatic rings. The van der Waals surface area contributed by atoms with Crippen LogP contribution in [0.1, 0.15) is 58.1 Å². The summed E-state index contributed by atoms with van der Waals surface area (Å²) < 4.78 is 0. The van der Waals surface area contributed by atoms with Gasteiger partial charge in [0.15, 0.2) is 0 Å². The SMILES string of the molecule is C=C(CC)Nc1ccc(C)cc1C(C)(C(C)C)C1CC1. The number of allylic oxidation sites excluding steroid dienone is 1. The number of hydrogen-bond donors (Lipinski definition) is 1. The zero-order chi connectivity index (χ0) is 14.9. The van der Waals surface area contributed by atoms with Crippen LogP contribution in [0.4, 0.5) is 5.69 Å². The maximum absolute atomic E-state index is 4.11. The van der Waals surface area contributed by atoms with Crippen molar-refractivity contribution in [3.8, 4) is 0 Å². The van der Waals surface area contributed by atoms with Gasteiger partial charge in [-0.3, -0.25) is 0 Å². The molecule has 0 radical (unpaired) electrons. The Kier molecular flexibility index (Phi) is 4.27. The predicted molar refractivity (Wildman–Crippen MR) is 89.1 cm³/mol.